The van der Waals surface area contributed by atoms with E-state index in [1.165, 1.54) is 0 Å². The Morgan fingerprint density at radius 1 is 1.04 bits per heavy atom. The fourth-order valence-corrected chi connectivity index (χ4v) is 2.81. The lowest BCUT2D eigenvalue weighted by molar-refractivity contribution is -0.126. The predicted molar refractivity (Wildman–Crippen MR) is 96.7 cm³/mol. The van der Waals surface area contributed by atoms with Crippen LogP contribution in [0, 0.1) is 17.8 Å². The molecule has 0 spiro atoms. The average molecular weight is 338 g/mol. The SMILES string of the molecule is CC1C=CC(C)C(C(=O)NCCCCCNC(=O)OC(C)(C)C)C1. The number of ether oxygens (including phenoxy) is 1. The minimum Gasteiger partial charge on any atom is -0.444 e. The number of allylic oxidation sites excluding steroid dienone is 2. The van der Waals surface area contributed by atoms with Crippen LogP contribution in [0.5, 0.6) is 0 Å². The van der Waals surface area contributed by atoms with Gasteiger partial charge in [0.05, 0.1) is 0 Å². The summed E-state index contributed by atoms with van der Waals surface area (Å²) in [5, 5.41) is 5.79. The van der Waals surface area contributed by atoms with Crippen LogP contribution < -0.4 is 10.6 Å². The Morgan fingerprint density at radius 2 is 1.67 bits per heavy atom. The molecule has 0 aromatic heterocycles. The minimum absolute atomic E-state index is 0.0961. The third-order valence-electron chi connectivity index (χ3n) is 4.16. The second kappa shape index (κ2) is 9.70. The van der Waals surface area contributed by atoms with Gasteiger partial charge in [-0.3, -0.25) is 4.79 Å². The second-order valence-corrected chi connectivity index (χ2v) is 7.84. The first-order valence-electron chi connectivity index (χ1n) is 9.12. The Labute approximate surface area is 146 Å². The van der Waals surface area contributed by atoms with Gasteiger partial charge in [-0.2, -0.15) is 0 Å². The van der Waals surface area contributed by atoms with Crippen molar-refractivity contribution < 1.29 is 14.3 Å². The number of alkyl carbamates (subject to hydrolysis) is 1. The summed E-state index contributed by atoms with van der Waals surface area (Å²) in [6.45, 7) is 11.1. The van der Waals surface area contributed by atoms with Gasteiger partial charge in [-0.25, -0.2) is 4.79 Å². The first-order valence-corrected chi connectivity index (χ1v) is 9.12. The van der Waals surface area contributed by atoms with Gasteiger partial charge >= 0.3 is 6.09 Å². The Kier molecular flexibility index (Phi) is 8.29. The summed E-state index contributed by atoms with van der Waals surface area (Å²) in [4.78, 5) is 23.7. The van der Waals surface area contributed by atoms with Gasteiger partial charge < -0.3 is 15.4 Å². The molecule has 0 aliphatic heterocycles. The van der Waals surface area contributed by atoms with Crippen LogP contribution >= 0.6 is 0 Å². The molecule has 5 nitrogen and oxygen atoms in total. The first kappa shape index (κ1) is 20.5. The molecule has 5 heteroatoms. The molecule has 1 aliphatic rings. The van der Waals surface area contributed by atoms with Crippen LogP contribution in [0.4, 0.5) is 4.79 Å². The molecule has 2 amide bonds. The van der Waals surface area contributed by atoms with Crippen LogP contribution in [0.1, 0.15) is 60.3 Å². The Bertz CT molecular complexity index is 440. The Hall–Kier alpha value is -1.52. The number of nitrogens with one attached hydrogen (secondary N) is 2. The van der Waals surface area contributed by atoms with Gasteiger partial charge in [-0.05, 0) is 58.3 Å². The molecule has 24 heavy (non-hydrogen) atoms. The van der Waals surface area contributed by atoms with Gasteiger partial charge in [0, 0.05) is 19.0 Å². The van der Waals surface area contributed by atoms with Crippen LogP contribution in [-0.4, -0.2) is 30.7 Å². The van der Waals surface area contributed by atoms with Gasteiger partial charge in [0.25, 0.3) is 0 Å². The van der Waals surface area contributed by atoms with Crippen molar-refractivity contribution in [1.29, 1.82) is 0 Å². The highest BCUT2D eigenvalue weighted by Crippen LogP contribution is 2.28. The molecule has 0 heterocycles. The van der Waals surface area contributed by atoms with Gasteiger partial charge in [0.1, 0.15) is 5.60 Å². The highest BCUT2D eigenvalue weighted by Gasteiger charge is 2.27. The van der Waals surface area contributed by atoms with E-state index in [0.717, 1.165) is 25.7 Å². The van der Waals surface area contributed by atoms with E-state index >= 15 is 0 Å². The maximum absolute atomic E-state index is 12.2. The lowest BCUT2D eigenvalue weighted by atomic mass is 9.80. The first-order chi connectivity index (χ1) is 11.2. The Balaban J connectivity index is 2.07. The van der Waals surface area contributed by atoms with E-state index in [0.29, 0.717) is 24.9 Å². The third-order valence-corrected chi connectivity index (χ3v) is 4.16. The van der Waals surface area contributed by atoms with Crippen molar-refractivity contribution in [3.8, 4) is 0 Å². The number of carbonyl (C=O) groups excluding carboxylic acids is 2. The number of hydrogen-bond acceptors (Lipinski definition) is 3. The lowest BCUT2D eigenvalue weighted by Crippen LogP contribution is -2.36. The molecule has 138 valence electrons. The molecule has 1 aliphatic carbocycles. The highest BCUT2D eigenvalue weighted by atomic mass is 16.6. The zero-order chi connectivity index (χ0) is 18.2. The molecule has 2 N–H and O–H groups in total. The number of carbonyl (C=O) groups is 2. The lowest BCUT2D eigenvalue weighted by Gasteiger charge is -2.27. The fraction of sp³-hybridized carbons (Fsp3) is 0.789. The summed E-state index contributed by atoms with van der Waals surface area (Å²) in [7, 11) is 0. The van der Waals surface area contributed by atoms with E-state index in [1.54, 1.807) is 0 Å². The van der Waals surface area contributed by atoms with Crippen LogP contribution in [0.25, 0.3) is 0 Å². The molecule has 3 atom stereocenters. The largest absolute Gasteiger partial charge is 0.444 e. The van der Waals surface area contributed by atoms with Crippen LogP contribution in [-0.2, 0) is 9.53 Å². The van der Waals surface area contributed by atoms with Crippen molar-refractivity contribution in [2.75, 3.05) is 13.1 Å². The number of unbranched alkanes of at least 4 members (excludes halogenated alkanes) is 2. The average Bonchev–Trinajstić information content (AvgIpc) is 2.46. The molecule has 0 saturated carbocycles. The molecule has 0 radical (unpaired) electrons. The molecule has 0 bridgehead atoms. The van der Waals surface area contributed by atoms with Crippen LogP contribution in [0.15, 0.2) is 12.2 Å². The van der Waals surface area contributed by atoms with Gasteiger partial charge in [0.2, 0.25) is 5.91 Å². The second-order valence-electron chi connectivity index (χ2n) is 7.84. The molecule has 0 aromatic rings. The fourth-order valence-electron chi connectivity index (χ4n) is 2.81. The van der Waals surface area contributed by atoms with Gasteiger partial charge in [-0.1, -0.05) is 26.0 Å². The van der Waals surface area contributed by atoms with Crippen molar-refractivity contribution >= 4 is 12.0 Å². The van der Waals surface area contributed by atoms with E-state index in [-0.39, 0.29) is 17.9 Å². The van der Waals surface area contributed by atoms with Gasteiger partial charge in [0.15, 0.2) is 0 Å². The normalized spacial score (nSPS) is 23.6. The Morgan fingerprint density at radius 3 is 2.29 bits per heavy atom. The maximum Gasteiger partial charge on any atom is 0.407 e. The molecule has 1 rings (SSSR count). The number of amides is 2. The summed E-state index contributed by atoms with van der Waals surface area (Å²) in [6, 6.07) is 0. The predicted octanol–water partition coefficient (Wildman–Crippen LogP) is 3.65. The van der Waals surface area contributed by atoms with Crippen molar-refractivity contribution in [1.82, 2.24) is 10.6 Å². The van der Waals surface area contributed by atoms with Gasteiger partial charge in [-0.15, -0.1) is 0 Å². The molecule has 0 fully saturated rings. The van der Waals surface area contributed by atoms with Crippen LogP contribution in [0.3, 0.4) is 0 Å². The van der Waals surface area contributed by atoms with Crippen molar-refractivity contribution in [3.63, 3.8) is 0 Å². The smallest absolute Gasteiger partial charge is 0.407 e. The van der Waals surface area contributed by atoms with E-state index in [9.17, 15) is 9.59 Å². The van der Waals surface area contributed by atoms with Crippen molar-refractivity contribution in [2.24, 2.45) is 17.8 Å². The molecular weight excluding hydrogens is 304 g/mol. The zero-order valence-electron chi connectivity index (χ0n) is 15.9. The highest BCUT2D eigenvalue weighted by molar-refractivity contribution is 5.79. The number of rotatable bonds is 7. The van der Waals surface area contributed by atoms with Crippen molar-refractivity contribution in [2.45, 2.75) is 65.9 Å². The van der Waals surface area contributed by atoms with E-state index in [1.807, 2.05) is 20.8 Å². The molecular formula is C19H34N2O3. The number of hydrogen-bond donors (Lipinski definition) is 2. The molecule has 0 aromatic carbocycles. The summed E-state index contributed by atoms with van der Waals surface area (Å²) in [5.41, 5.74) is -0.461. The topological polar surface area (TPSA) is 67.4 Å². The zero-order valence-corrected chi connectivity index (χ0v) is 15.9. The standard InChI is InChI=1S/C19H34N2O3/c1-14-9-10-15(2)16(13-14)17(22)20-11-7-6-8-12-21-18(23)24-19(3,4)5/h9-10,14-16H,6-8,11-13H2,1-5H3,(H,20,22)(H,21,23). The summed E-state index contributed by atoms with van der Waals surface area (Å²) >= 11 is 0. The summed E-state index contributed by atoms with van der Waals surface area (Å²) in [6.07, 6.45) is 7.69. The monoisotopic (exact) mass is 338 g/mol. The minimum atomic E-state index is -0.461. The third kappa shape index (κ3) is 8.37. The van der Waals surface area contributed by atoms with E-state index in [4.69, 9.17) is 4.74 Å². The van der Waals surface area contributed by atoms with E-state index in [2.05, 4.69) is 36.6 Å². The van der Waals surface area contributed by atoms with E-state index < -0.39 is 5.60 Å². The molecule has 3 unspecified atom stereocenters. The summed E-state index contributed by atoms with van der Waals surface area (Å²) in [5.74, 6) is 1.07. The van der Waals surface area contributed by atoms with Crippen molar-refractivity contribution in [3.05, 3.63) is 12.2 Å². The molecule has 0 saturated heterocycles. The maximum atomic E-state index is 12.2. The van der Waals surface area contributed by atoms with Crippen LogP contribution in [0.2, 0.25) is 0 Å². The summed E-state index contributed by atoms with van der Waals surface area (Å²) < 4.78 is 5.17. The quantitative estimate of drug-likeness (QED) is 0.550.